The van der Waals surface area contributed by atoms with Crippen molar-refractivity contribution in [3.63, 3.8) is 0 Å². The second kappa shape index (κ2) is 4.65. The van der Waals surface area contributed by atoms with Crippen LogP contribution in [-0.2, 0) is 11.2 Å². The molecule has 0 bridgehead atoms. The molecule has 69 valence electrons. The monoisotopic (exact) mass is 177 g/mol. The zero-order chi connectivity index (χ0) is 9.68. The summed E-state index contributed by atoms with van der Waals surface area (Å²) < 4.78 is 4.90. The van der Waals surface area contributed by atoms with Gasteiger partial charge in [0.2, 0.25) is 0 Å². The first kappa shape index (κ1) is 9.78. The van der Waals surface area contributed by atoms with E-state index in [4.69, 9.17) is 4.74 Å². The molecule has 1 aromatic carbocycles. The zero-order valence-corrected chi connectivity index (χ0v) is 7.75. The quantitative estimate of drug-likeness (QED) is 0.662. The van der Waals surface area contributed by atoms with Crippen LogP contribution >= 0.6 is 0 Å². The Kier molecular flexibility index (Phi) is 3.50. The maximum Gasteiger partial charge on any atom is 0.338 e. The molecule has 13 heavy (non-hydrogen) atoms. The molecule has 1 aromatic rings. The highest BCUT2D eigenvalue weighted by atomic mass is 16.5. The van der Waals surface area contributed by atoms with Gasteiger partial charge in [-0.05, 0) is 31.9 Å². The fourth-order valence-electron chi connectivity index (χ4n) is 1.15. The predicted molar refractivity (Wildman–Crippen MR) is 51.5 cm³/mol. The number of carbonyl (C=O) groups is 1. The summed E-state index contributed by atoms with van der Waals surface area (Å²) in [5, 5.41) is 0. The van der Waals surface area contributed by atoms with Crippen molar-refractivity contribution in [3.8, 4) is 0 Å². The summed E-state index contributed by atoms with van der Waals surface area (Å²) in [5.74, 6) is -0.262. The Hall–Kier alpha value is -1.31. The largest absolute Gasteiger partial charge is 0.462 e. The van der Waals surface area contributed by atoms with Crippen molar-refractivity contribution in [3.05, 3.63) is 42.3 Å². The van der Waals surface area contributed by atoms with E-state index >= 15 is 0 Å². The van der Waals surface area contributed by atoms with Crippen LogP contribution in [0.1, 0.15) is 22.8 Å². The molecule has 0 fully saturated rings. The average molecular weight is 177 g/mol. The standard InChI is InChI=1S/C11H13O2/c1-3-9-7-5-6-8-10(9)11(12)13-4-2/h5-8H,1,3-4H2,2H3. The van der Waals surface area contributed by atoms with Gasteiger partial charge < -0.3 is 4.74 Å². The number of esters is 1. The van der Waals surface area contributed by atoms with Crippen LogP contribution in [0.2, 0.25) is 0 Å². The first-order valence-corrected chi connectivity index (χ1v) is 4.33. The van der Waals surface area contributed by atoms with E-state index in [0.29, 0.717) is 18.6 Å². The normalized spacial score (nSPS) is 9.69. The lowest BCUT2D eigenvalue weighted by molar-refractivity contribution is 0.0525. The van der Waals surface area contributed by atoms with Gasteiger partial charge in [0.25, 0.3) is 0 Å². The van der Waals surface area contributed by atoms with Crippen molar-refractivity contribution in [2.24, 2.45) is 0 Å². The Morgan fingerprint density at radius 1 is 1.46 bits per heavy atom. The van der Waals surface area contributed by atoms with Gasteiger partial charge in [-0.2, -0.15) is 0 Å². The second-order valence-corrected chi connectivity index (χ2v) is 2.63. The van der Waals surface area contributed by atoms with Gasteiger partial charge >= 0.3 is 5.97 Å². The summed E-state index contributed by atoms with van der Waals surface area (Å²) in [6.07, 6.45) is 0.606. The van der Waals surface area contributed by atoms with Crippen molar-refractivity contribution in [1.82, 2.24) is 0 Å². The van der Waals surface area contributed by atoms with Gasteiger partial charge in [0.1, 0.15) is 0 Å². The van der Waals surface area contributed by atoms with Gasteiger partial charge in [-0.3, -0.25) is 0 Å². The minimum absolute atomic E-state index is 0.262. The molecule has 0 unspecified atom stereocenters. The Labute approximate surface area is 78.5 Å². The van der Waals surface area contributed by atoms with Crippen LogP contribution in [0.4, 0.5) is 0 Å². The molecule has 2 nitrogen and oxygen atoms in total. The average Bonchev–Trinajstić information content (AvgIpc) is 2.18. The van der Waals surface area contributed by atoms with Crippen LogP contribution in [0.15, 0.2) is 24.3 Å². The predicted octanol–water partition coefficient (Wildman–Crippen LogP) is 2.24. The Morgan fingerprint density at radius 2 is 2.15 bits per heavy atom. The van der Waals surface area contributed by atoms with Crippen molar-refractivity contribution >= 4 is 5.97 Å². The fraction of sp³-hybridized carbons (Fsp3) is 0.273. The van der Waals surface area contributed by atoms with Crippen LogP contribution in [0, 0.1) is 6.92 Å². The molecule has 0 saturated carbocycles. The van der Waals surface area contributed by atoms with Gasteiger partial charge in [-0.1, -0.05) is 18.2 Å². The molecule has 0 saturated heterocycles. The molecular formula is C11H13O2. The van der Waals surface area contributed by atoms with E-state index in [-0.39, 0.29) is 5.97 Å². The molecule has 0 aliphatic heterocycles. The lowest BCUT2D eigenvalue weighted by Crippen LogP contribution is -2.07. The number of ether oxygens (including phenoxy) is 1. The number of carbonyl (C=O) groups excluding carboxylic acids is 1. The third-order valence-corrected chi connectivity index (χ3v) is 1.78. The fourth-order valence-corrected chi connectivity index (χ4v) is 1.15. The first-order valence-electron chi connectivity index (χ1n) is 4.33. The topological polar surface area (TPSA) is 26.3 Å². The van der Waals surface area contributed by atoms with Gasteiger partial charge in [-0.25, -0.2) is 4.79 Å². The summed E-state index contributed by atoms with van der Waals surface area (Å²) in [7, 11) is 0. The highest BCUT2D eigenvalue weighted by molar-refractivity contribution is 5.91. The van der Waals surface area contributed by atoms with E-state index in [1.165, 1.54) is 0 Å². The Bertz CT molecular complexity index is 292. The smallest absolute Gasteiger partial charge is 0.338 e. The lowest BCUT2D eigenvalue weighted by Gasteiger charge is -2.05. The molecule has 0 amide bonds. The molecule has 0 aliphatic carbocycles. The molecule has 2 heteroatoms. The zero-order valence-electron chi connectivity index (χ0n) is 7.75. The van der Waals surface area contributed by atoms with Crippen molar-refractivity contribution < 1.29 is 9.53 Å². The second-order valence-electron chi connectivity index (χ2n) is 2.63. The van der Waals surface area contributed by atoms with Gasteiger partial charge in [-0.15, -0.1) is 0 Å². The minimum atomic E-state index is -0.262. The summed E-state index contributed by atoms with van der Waals surface area (Å²) in [6.45, 7) is 5.95. The van der Waals surface area contributed by atoms with Crippen LogP contribution in [0.25, 0.3) is 0 Å². The molecule has 1 radical (unpaired) electrons. The van der Waals surface area contributed by atoms with Crippen molar-refractivity contribution in [1.29, 1.82) is 0 Å². The summed E-state index contributed by atoms with van der Waals surface area (Å²) in [6, 6.07) is 7.37. The highest BCUT2D eigenvalue weighted by Gasteiger charge is 2.09. The van der Waals surface area contributed by atoms with Crippen molar-refractivity contribution in [2.75, 3.05) is 6.61 Å². The van der Waals surface area contributed by atoms with Crippen LogP contribution < -0.4 is 0 Å². The third-order valence-electron chi connectivity index (χ3n) is 1.78. The van der Waals surface area contributed by atoms with E-state index in [1.54, 1.807) is 13.0 Å². The Morgan fingerprint density at radius 3 is 2.77 bits per heavy atom. The first-order chi connectivity index (χ1) is 6.29. The molecule has 0 spiro atoms. The van der Waals surface area contributed by atoms with Gasteiger partial charge in [0.05, 0.1) is 12.2 Å². The van der Waals surface area contributed by atoms with E-state index in [0.717, 1.165) is 5.56 Å². The van der Waals surface area contributed by atoms with Crippen LogP contribution in [-0.4, -0.2) is 12.6 Å². The van der Waals surface area contributed by atoms with E-state index < -0.39 is 0 Å². The Balaban J connectivity index is 2.92. The van der Waals surface area contributed by atoms with E-state index in [1.807, 2.05) is 18.2 Å². The number of benzene rings is 1. The van der Waals surface area contributed by atoms with E-state index in [9.17, 15) is 4.79 Å². The third kappa shape index (κ3) is 2.31. The summed E-state index contributed by atoms with van der Waals surface area (Å²) in [4.78, 5) is 11.4. The summed E-state index contributed by atoms with van der Waals surface area (Å²) in [5.41, 5.74) is 1.56. The molecular weight excluding hydrogens is 164 g/mol. The summed E-state index contributed by atoms with van der Waals surface area (Å²) >= 11 is 0. The molecule has 0 atom stereocenters. The molecule has 0 aromatic heterocycles. The van der Waals surface area contributed by atoms with Crippen LogP contribution in [0.3, 0.4) is 0 Å². The van der Waals surface area contributed by atoms with Crippen molar-refractivity contribution in [2.45, 2.75) is 13.3 Å². The SMILES string of the molecule is [CH2]Cc1ccccc1C(=O)OCC. The number of hydrogen-bond acceptors (Lipinski definition) is 2. The van der Waals surface area contributed by atoms with Gasteiger partial charge in [0, 0.05) is 0 Å². The number of rotatable bonds is 3. The van der Waals surface area contributed by atoms with Crippen LogP contribution in [0.5, 0.6) is 0 Å². The highest BCUT2D eigenvalue weighted by Crippen LogP contribution is 2.10. The molecule has 0 heterocycles. The molecule has 0 aliphatic rings. The lowest BCUT2D eigenvalue weighted by atomic mass is 10.1. The van der Waals surface area contributed by atoms with E-state index in [2.05, 4.69) is 6.92 Å². The molecule has 0 N–H and O–H groups in total. The number of hydrogen-bond donors (Lipinski definition) is 0. The minimum Gasteiger partial charge on any atom is -0.462 e. The maximum absolute atomic E-state index is 11.4. The van der Waals surface area contributed by atoms with Gasteiger partial charge in [0.15, 0.2) is 0 Å². The maximum atomic E-state index is 11.4. The molecule has 1 rings (SSSR count).